The SMILES string of the molecule is COC(=O)C1(CO)CNC1.Cl. The molecular formula is C6H12ClNO3. The molecule has 0 aromatic carbocycles. The van der Waals surface area contributed by atoms with E-state index in [0.717, 1.165) is 0 Å². The topological polar surface area (TPSA) is 58.6 Å². The van der Waals surface area contributed by atoms with Crippen molar-refractivity contribution < 1.29 is 14.6 Å². The Balaban J connectivity index is 0.000001000. The van der Waals surface area contributed by atoms with Gasteiger partial charge in [-0.3, -0.25) is 4.79 Å². The number of halogens is 1. The Labute approximate surface area is 71.3 Å². The zero-order valence-electron chi connectivity index (χ0n) is 6.29. The van der Waals surface area contributed by atoms with Gasteiger partial charge in [-0.15, -0.1) is 12.4 Å². The van der Waals surface area contributed by atoms with Crippen LogP contribution in [-0.2, 0) is 9.53 Å². The fraction of sp³-hybridized carbons (Fsp3) is 0.833. The molecule has 0 aliphatic carbocycles. The molecule has 5 heteroatoms. The standard InChI is InChI=1S/C6H11NO3.ClH/c1-10-5(9)6(4-8)2-7-3-6;/h7-8H,2-4H2,1H3;1H. The summed E-state index contributed by atoms with van der Waals surface area (Å²) in [6.45, 7) is 0.916. The molecule has 2 N–H and O–H groups in total. The Morgan fingerprint density at radius 1 is 1.73 bits per heavy atom. The molecule has 66 valence electrons. The van der Waals surface area contributed by atoms with Crippen molar-refractivity contribution in [2.45, 2.75) is 0 Å². The van der Waals surface area contributed by atoms with Gasteiger partial charge in [-0.2, -0.15) is 0 Å². The molecule has 0 radical (unpaired) electrons. The van der Waals surface area contributed by atoms with Crippen LogP contribution in [0.25, 0.3) is 0 Å². The summed E-state index contributed by atoms with van der Waals surface area (Å²) in [6.07, 6.45) is 0. The summed E-state index contributed by atoms with van der Waals surface area (Å²) in [5.41, 5.74) is -0.644. The molecule has 1 aliphatic rings. The van der Waals surface area contributed by atoms with Crippen LogP contribution >= 0.6 is 12.4 Å². The third-order valence-electron chi connectivity index (χ3n) is 1.85. The Hall–Kier alpha value is -0.320. The minimum atomic E-state index is -0.644. The van der Waals surface area contributed by atoms with Crippen molar-refractivity contribution in [1.82, 2.24) is 5.32 Å². The highest BCUT2D eigenvalue weighted by Crippen LogP contribution is 2.22. The number of aliphatic hydroxyl groups is 1. The first-order valence-electron chi connectivity index (χ1n) is 3.15. The van der Waals surface area contributed by atoms with Crippen molar-refractivity contribution in [2.24, 2.45) is 5.41 Å². The molecule has 4 nitrogen and oxygen atoms in total. The first-order chi connectivity index (χ1) is 4.75. The number of hydrogen-bond acceptors (Lipinski definition) is 4. The van der Waals surface area contributed by atoms with Gasteiger partial charge in [-0.25, -0.2) is 0 Å². The number of rotatable bonds is 2. The van der Waals surface area contributed by atoms with Gasteiger partial charge in [0.2, 0.25) is 0 Å². The molecule has 0 bridgehead atoms. The maximum Gasteiger partial charge on any atom is 0.316 e. The average Bonchev–Trinajstić information content (AvgIpc) is 1.86. The zero-order valence-corrected chi connectivity index (χ0v) is 7.11. The molecular weight excluding hydrogens is 170 g/mol. The van der Waals surface area contributed by atoms with Crippen LogP contribution < -0.4 is 5.32 Å². The van der Waals surface area contributed by atoms with E-state index in [0.29, 0.717) is 13.1 Å². The molecule has 0 spiro atoms. The number of methoxy groups -OCH3 is 1. The van der Waals surface area contributed by atoms with Crippen molar-refractivity contribution in [3.63, 3.8) is 0 Å². The van der Waals surface area contributed by atoms with Gasteiger partial charge in [0.1, 0.15) is 5.41 Å². The van der Waals surface area contributed by atoms with E-state index in [1.165, 1.54) is 7.11 Å². The van der Waals surface area contributed by atoms with Gasteiger partial charge >= 0.3 is 5.97 Å². The lowest BCUT2D eigenvalue weighted by molar-refractivity contribution is -0.159. The summed E-state index contributed by atoms with van der Waals surface area (Å²) in [6, 6.07) is 0. The molecule has 11 heavy (non-hydrogen) atoms. The lowest BCUT2D eigenvalue weighted by Crippen LogP contribution is -2.60. The van der Waals surface area contributed by atoms with Gasteiger partial charge < -0.3 is 15.2 Å². The van der Waals surface area contributed by atoms with Crippen LogP contribution in [0.1, 0.15) is 0 Å². The van der Waals surface area contributed by atoms with E-state index >= 15 is 0 Å². The quantitative estimate of drug-likeness (QED) is 0.546. The Morgan fingerprint density at radius 2 is 2.27 bits per heavy atom. The monoisotopic (exact) mass is 181 g/mol. The minimum absolute atomic E-state index is 0. The normalized spacial score (nSPS) is 19.5. The van der Waals surface area contributed by atoms with Gasteiger partial charge in [0.05, 0.1) is 13.7 Å². The van der Waals surface area contributed by atoms with Crippen LogP contribution in [-0.4, -0.2) is 37.9 Å². The highest BCUT2D eigenvalue weighted by molar-refractivity contribution is 5.85. The van der Waals surface area contributed by atoms with Crippen LogP contribution in [0, 0.1) is 5.41 Å². The molecule has 1 aliphatic heterocycles. The fourth-order valence-corrected chi connectivity index (χ4v) is 0.964. The van der Waals surface area contributed by atoms with Gasteiger partial charge in [-0.05, 0) is 0 Å². The van der Waals surface area contributed by atoms with Crippen molar-refractivity contribution in [2.75, 3.05) is 26.8 Å². The Kier molecular flexibility index (Phi) is 3.78. The molecule has 1 heterocycles. The number of carbonyl (C=O) groups is 1. The molecule has 0 aromatic rings. The van der Waals surface area contributed by atoms with E-state index in [9.17, 15) is 4.79 Å². The van der Waals surface area contributed by atoms with E-state index in [2.05, 4.69) is 10.1 Å². The van der Waals surface area contributed by atoms with E-state index in [-0.39, 0.29) is 25.0 Å². The van der Waals surface area contributed by atoms with Crippen LogP contribution in [0.4, 0.5) is 0 Å². The lowest BCUT2D eigenvalue weighted by Gasteiger charge is -2.37. The van der Waals surface area contributed by atoms with E-state index < -0.39 is 5.41 Å². The van der Waals surface area contributed by atoms with Gasteiger partial charge in [0.25, 0.3) is 0 Å². The second-order valence-corrected chi connectivity index (χ2v) is 2.53. The van der Waals surface area contributed by atoms with Gasteiger partial charge in [0, 0.05) is 13.1 Å². The summed E-state index contributed by atoms with van der Waals surface area (Å²) in [7, 11) is 1.33. The van der Waals surface area contributed by atoms with Crippen molar-refractivity contribution in [1.29, 1.82) is 0 Å². The molecule has 1 fully saturated rings. The van der Waals surface area contributed by atoms with Gasteiger partial charge in [0.15, 0.2) is 0 Å². The Bertz CT molecular complexity index is 141. The molecule has 1 saturated heterocycles. The lowest BCUT2D eigenvalue weighted by atomic mass is 9.83. The summed E-state index contributed by atoms with van der Waals surface area (Å²) in [4.78, 5) is 10.9. The second-order valence-electron chi connectivity index (χ2n) is 2.53. The third-order valence-corrected chi connectivity index (χ3v) is 1.85. The third kappa shape index (κ3) is 1.64. The summed E-state index contributed by atoms with van der Waals surface area (Å²) < 4.78 is 4.51. The van der Waals surface area contributed by atoms with Crippen LogP contribution in [0.5, 0.6) is 0 Å². The van der Waals surface area contributed by atoms with E-state index in [1.54, 1.807) is 0 Å². The van der Waals surface area contributed by atoms with E-state index in [4.69, 9.17) is 5.11 Å². The van der Waals surface area contributed by atoms with Crippen molar-refractivity contribution >= 4 is 18.4 Å². The van der Waals surface area contributed by atoms with Gasteiger partial charge in [-0.1, -0.05) is 0 Å². The maximum atomic E-state index is 10.9. The van der Waals surface area contributed by atoms with Crippen LogP contribution in [0.3, 0.4) is 0 Å². The van der Waals surface area contributed by atoms with Crippen LogP contribution in [0.2, 0.25) is 0 Å². The molecule has 0 unspecified atom stereocenters. The first kappa shape index (κ1) is 10.7. The summed E-state index contributed by atoms with van der Waals surface area (Å²) >= 11 is 0. The average molecular weight is 182 g/mol. The van der Waals surface area contributed by atoms with Crippen molar-refractivity contribution in [3.05, 3.63) is 0 Å². The smallest absolute Gasteiger partial charge is 0.316 e. The number of carbonyl (C=O) groups excluding carboxylic acids is 1. The molecule has 1 rings (SSSR count). The molecule has 0 atom stereocenters. The largest absolute Gasteiger partial charge is 0.468 e. The van der Waals surface area contributed by atoms with E-state index in [1.807, 2.05) is 0 Å². The summed E-state index contributed by atoms with van der Waals surface area (Å²) in [5.74, 6) is -0.325. The molecule has 0 aromatic heterocycles. The second kappa shape index (κ2) is 3.90. The Morgan fingerprint density at radius 3 is 2.36 bits per heavy atom. The number of ether oxygens (including phenoxy) is 1. The highest BCUT2D eigenvalue weighted by Gasteiger charge is 2.44. The predicted molar refractivity (Wildman–Crippen MR) is 41.7 cm³/mol. The number of esters is 1. The first-order valence-corrected chi connectivity index (χ1v) is 3.15. The van der Waals surface area contributed by atoms with Crippen molar-refractivity contribution in [3.8, 4) is 0 Å². The fourth-order valence-electron chi connectivity index (χ4n) is 0.964. The van der Waals surface area contributed by atoms with Crippen LogP contribution in [0.15, 0.2) is 0 Å². The zero-order chi connectivity index (χ0) is 7.61. The minimum Gasteiger partial charge on any atom is -0.468 e. The number of aliphatic hydroxyl groups excluding tert-OH is 1. The molecule has 0 amide bonds. The number of nitrogens with one attached hydrogen (secondary N) is 1. The highest BCUT2D eigenvalue weighted by atomic mass is 35.5. The number of hydrogen-bond donors (Lipinski definition) is 2. The summed E-state index contributed by atoms with van der Waals surface area (Å²) in [5, 5.41) is 11.7. The predicted octanol–water partition coefficient (Wildman–Crippen LogP) is -0.837. The molecule has 0 saturated carbocycles. The maximum absolute atomic E-state index is 10.9.